The number of rotatable bonds is 7. The Hall–Kier alpha value is -3.98. The number of methoxy groups -OCH3 is 2. The third-order valence-electron chi connectivity index (χ3n) is 5.91. The van der Waals surface area contributed by atoms with Crippen LogP contribution in [0.2, 0.25) is 0 Å². The van der Waals surface area contributed by atoms with E-state index in [1.165, 1.54) is 19.1 Å². The number of halogens is 1. The van der Waals surface area contributed by atoms with Gasteiger partial charge in [-0.2, -0.15) is 5.10 Å². The van der Waals surface area contributed by atoms with Gasteiger partial charge >= 0.3 is 0 Å². The number of hydrogen-bond acceptors (Lipinski definition) is 6. The summed E-state index contributed by atoms with van der Waals surface area (Å²) in [5, 5.41) is 4.28. The second kappa shape index (κ2) is 10.7. The fourth-order valence-electron chi connectivity index (χ4n) is 4.08. The van der Waals surface area contributed by atoms with Crippen LogP contribution in [0.15, 0.2) is 76.3 Å². The van der Waals surface area contributed by atoms with Crippen LogP contribution >= 0.6 is 15.9 Å². The van der Waals surface area contributed by atoms with Crippen molar-refractivity contribution in [3.05, 3.63) is 87.9 Å². The lowest BCUT2D eigenvalue weighted by Gasteiger charge is -2.19. The van der Waals surface area contributed by atoms with E-state index in [1.54, 1.807) is 67.6 Å². The zero-order valence-electron chi connectivity index (χ0n) is 19.9. The van der Waals surface area contributed by atoms with Crippen LogP contribution < -0.4 is 19.8 Å². The van der Waals surface area contributed by atoms with Gasteiger partial charge in [-0.05, 0) is 61.0 Å². The van der Waals surface area contributed by atoms with E-state index in [2.05, 4.69) is 26.5 Å². The highest BCUT2D eigenvalue weighted by molar-refractivity contribution is 9.10. The predicted octanol–water partition coefficient (Wildman–Crippen LogP) is 4.67. The second-order valence-corrected chi connectivity index (χ2v) is 9.01. The number of hydrazone groups is 1. The molecule has 0 bridgehead atoms. The third-order valence-corrected chi connectivity index (χ3v) is 6.44. The molecule has 1 saturated heterocycles. The number of carbonyl (C=O) groups excluding carboxylic acids is 3. The molecule has 1 N–H and O–H groups in total. The Labute approximate surface area is 217 Å². The molecule has 4 rings (SSSR count). The molecule has 1 aliphatic heterocycles. The zero-order valence-corrected chi connectivity index (χ0v) is 21.5. The summed E-state index contributed by atoms with van der Waals surface area (Å²) < 4.78 is 11.8. The highest BCUT2D eigenvalue weighted by atomic mass is 79.9. The van der Waals surface area contributed by atoms with Crippen LogP contribution in [-0.4, -0.2) is 37.7 Å². The van der Waals surface area contributed by atoms with Crippen molar-refractivity contribution >= 4 is 45.1 Å². The Morgan fingerprint density at radius 2 is 1.64 bits per heavy atom. The van der Waals surface area contributed by atoms with Crippen LogP contribution in [0.4, 0.5) is 5.69 Å². The zero-order chi connectivity index (χ0) is 25.8. The van der Waals surface area contributed by atoms with Crippen LogP contribution in [0.1, 0.15) is 40.7 Å². The standard InChI is InChI=1S/C27H24BrN3O5/c1-16(29-30-26(33)17-9-11-18(28)12-10-17)20-13-23(35-2)24(36-3)14-21(20)22-15-25(32)31(27(22)34)19-7-5-4-6-8-19/h4-14,22H,15H2,1-3H3,(H,30,33)/t22-/m1/s1. The lowest BCUT2D eigenvalue weighted by molar-refractivity contribution is -0.121. The van der Waals surface area contributed by atoms with Crippen molar-refractivity contribution in [1.29, 1.82) is 0 Å². The molecule has 184 valence electrons. The number of hydrogen-bond donors (Lipinski definition) is 1. The van der Waals surface area contributed by atoms with Gasteiger partial charge in [-0.15, -0.1) is 0 Å². The second-order valence-electron chi connectivity index (χ2n) is 8.10. The number of carbonyl (C=O) groups is 3. The Morgan fingerprint density at radius 3 is 2.28 bits per heavy atom. The van der Waals surface area contributed by atoms with Gasteiger partial charge in [-0.3, -0.25) is 19.3 Å². The average Bonchev–Trinajstić information content (AvgIpc) is 3.20. The maximum absolute atomic E-state index is 13.4. The number of anilines is 1. The summed E-state index contributed by atoms with van der Waals surface area (Å²) >= 11 is 3.34. The van der Waals surface area contributed by atoms with Gasteiger partial charge in [-0.25, -0.2) is 5.43 Å². The molecule has 1 heterocycles. The lowest BCUT2D eigenvalue weighted by Crippen LogP contribution is -2.30. The molecule has 3 aromatic rings. The van der Waals surface area contributed by atoms with Crippen LogP contribution in [-0.2, 0) is 9.59 Å². The van der Waals surface area contributed by atoms with Crippen LogP contribution in [0, 0.1) is 0 Å². The van der Waals surface area contributed by atoms with Gasteiger partial charge in [0.05, 0.1) is 31.5 Å². The van der Waals surface area contributed by atoms with Crippen molar-refractivity contribution in [2.75, 3.05) is 19.1 Å². The van der Waals surface area contributed by atoms with Crippen LogP contribution in [0.5, 0.6) is 11.5 Å². The van der Waals surface area contributed by atoms with Crippen molar-refractivity contribution in [3.8, 4) is 11.5 Å². The molecule has 1 aliphatic rings. The first-order chi connectivity index (χ1) is 17.3. The molecule has 0 aliphatic carbocycles. The highest BCUT2D eigenvalue weighted by Gasteiger charge is 2.42. The van der Waals surface area contributed by atoms with E-state index >= 15 is 0 Å². The molecule has 0 saturated carbocycles. The normalized spacial score (nSPS) is 15.7. The molecular weight excluding hydrogens is 526 g/mol. The quantitative estimate of drug-likeness (QED) is 0.262. The molecule has 8 nitrogen and oxygen atoms in total. The van der Waals surface area contributed by atoms with Crippen molar-refractivity contribution in [3.63, 3.8) is 0 Å². The number of nitrogens with zero attached hydrogens (tertiary/aromatic N) is 2. The summed E-state index contributed by atoms with van der Waals surface area (Å²) in [4.78, 5) is 40.1. The Bertz CT molecular complexity index is 1340. The summed E-state index contributed by atoms with van der Waals surface area (Å²) in [6.07, 6.45) is -0.00522. The van der Waals surface area contributed by atoms with E-state index < -0.39 is 5.92 Å². The number of ether oxygens (including phenoxy) is 2. The Morgan fingerprint density at radius 1 is 1.00 bits per heavy atom. The van der Waals surface area contributed by atoms with E-state index in [0.717, 1.165) is 4.47 Å². The fraction of sp³-hybridized carbons (Fsp3) is 0.185. The van der Waals surface area contributed by atoms with E-state index in [4.69, 9.17) is 9.47 Å². The number of benzene rings is 3. The molecular formula is C27H24BrN3O5. The summed E-state index contributed by atoms with van der Waals surface area (Å²) in [5.41, 5.74) is 5.07. The molecule has 0 unspecified atom stereocenters. The first kappa shape index (κ1) is 25.1. The molecule has 1 atom stereocenters. The van der Waals surface area contributed by atoms with Crippen LogP contribution in [0.25, 0.3) is 0 Å². The van der Waals surface area contributed by atoms with Crippen molar-refractivity contribution in [2.45, 2.75) is 19.3 Å². The molecule has 36 heavy (non-hydrogen) atoms. The van der Waals surface area contributed by atoms with E-state index in [-0.39, 0.29) is 24.1 Å². The number of amides is 3. The topological polar surface area (TPSA) is 97.3 Å². The molecule has 3 aromatic carbocycles. The monoisotopic (exact) mass is 549 g/mol. The molecule has 1 fully saturated rings. The number of para-hydroxylation sites is 1. The van der Waals surface area contributed by atoms with Crippen LogP contribution in [0.3, 0.4) is 0 Å². The summed E-state index contributed by atoms with van der Waals surface area (Å²) in [7, 11) is 3.00. The SMILES string of the molecule is COc1cc(C(C)=NNC(=O)c2ccc(Br)cc2)c([C@H]2CC(=O)N(c3ccccc3)C2=O)cc1OC. The number of nitrogens with one attached hydrogen (secondary N) is 1. The predicted molar refractivity (Wildman–Crippen MR) is 140 cm³/mol. The van der Waals surface area contributed by atoms with Gasteiger partial charge in [0.15, 0.2) is 11.5 Å². The molecule has 0 spiro atoms. The molecule has 9 heteroatoms. The maximum atomic E-state index is 13.4. The van der Waals surface area contributed by atoms with E-state index in [9.17, 15) is 14.4 Å². The fourth-order valence-corrected chi connectivity index (χ4v) is 4.34. The van der Waals surface area contributed by atoms with E-state index in [0.29, 0.717) is 39.6 Å². The smallest absolute Gasteiger partial charge is 0.271 e. The Balaban J connectivity index is 1.71. The lowest BCUT2D eigenvalue weighted by atomic mass is 9.90. The van der Waals surface area contributed by atoms with Gasteiger partial charge in [0, 0.05) is 22.0 Å². The first-order valence-electron chi connectivity index (χ1n) is 11.1. The molecule has 0 aromatic heterocycles. The van der Waals surface area contributed by atoms with Gasteiger partial charge in [0.2, 0.25) is 11.8 Å². The summed E-state index contributed by atoms with van der Waals surface area (Å²) in [6.45, 7) is 1.71. The van der Waals surface area contributed by atoms with Crippen molar-refractivity contribution in [2.24, 2.45) is 5.10 Å². The number of imide groups is 1. The maximum Gasteiger partial charge on any atom is 0.271 e. The highest BCUT2D eigenvalue weighted by Crippen LogP contribution is 2.40. The minimum Gasteiger partial charge on any atom is -0.493 e. The summed E-state index contributed by atoms with van der Waals surface area (Å²) in [6, 6.07) is 19.1. The van der Waals surface area contributed by atoms with Crippen molar-refractivity contribution < 1.29 is 23.9 Å². The summed E-state index contributed by atoms with van der Waals surface area (Å²) in [5.74, 6) is -0.921. The van der Waals surface area contributed by atoms with E-state index in [1.807, 2.05) is 6.07 Å². The van der Waals surface area contributed by atoms with Crippen molar-refractivity contribution in [1.82, 2.24) is 5.43 Å². The first-order valence-corrected chi connectivity index (χ1v) is 11.9. The van der Waals surface area contributed by atoms with Gasteiger partial charge < -0.3 is 9.47 Å². The molecule has 0 radical (unpaired) electrons. The van der Waals surface area contributed by atoms with Gasteiger partial charge in [0.25, 0.3) is 5.91 Å². The minimum atomic E-state index is -0.750. The van der Waals surface area contributed by atoms with Gasteiger partial charge in [0.1, 0.15) is 0 Å². The van der Waals surface area contributed by atoms with Gasteiger partial charge in [-0.1, -0.05) is 34.1 Å². The third kappa shape index (κ3) is 5.01. The molecule has 3 amide bonds. The Kier molecular flexibility index (Phi) is 7.49. The minimum absolute atomic E-state index is 0.00522. The average molecular weight is 550 g/mol. The largest absolute Gasteiger partial charge is 0.493 e.